The SMILES string of the molecule is COc1cc([N+](=O)[O-])ccc1C(C)(C)ON. The van der Waals surface area contributed by atoms with E-state index in [1.807, 2.05) is 0 Å². The van der Waals surface area contributed by atoms with Gasteiger partial charge in [0.25, 0.3) is 5.69 Å². The summed E-state index contributed by atoms with van der Waals surface area (Å²) >= 11 is 0. The van der Waals surface area contributed by atoms with Crippen molar-refractivity contribution in [2.24, 2.45) is 5.90 Å². The number of rotatable bonds is 4. The van der Waals surface area contributed by atoms with Crippen molar-refractivity contribution in [1.82, 2.24) is 0 Å². The highest BCUT2D eigenvalue weighted by molar-refractivity contribution is 5.46. The molecular formula is C10H14N2O4. The Morgan fingerprint density at radius 1 is 1.44 bits per heavy atom. The summed E-state index contributed by atoms with van der Waals surface area (Å²) in [6.07, 6.45) is 0. The van der Waals surface area contributed by atoms with Gasteiger partial charge < -0.3 is 4.74 Å². The molecule has 88 valence electrons. The van der Waals surface area contributed by atoms with E-state index in [2.05, 4.69) is 0 Å². The van der Waals surface area contributed by atoms with E-state index in [0.29, 0.717) is 11.3 Å². The zero-order valence-corrected chi connectivity index (χ0v) is 9.39. The van der Waals surface area contributed by atoms with Crippen molar-refractivity contribution in [3.63, 3.8) is 0 Å². The first kappa shape index (κ1) is 12.4. The molecule has 0 amide bonds. The zero-order chi connectivity index (χ0) is 12.3. The summed E-state index contributed by atoms with van der Waals surface area (Å²) in [6.45, 7) is 3.49. The maximum atomic E-state index is 10.6. The second-order valence-electron chi connectivity index (χ2n) is 3.77. The number of nitro benzene ring substituents is 1. The fraction of sp³-hybridized carbons (Fsp3) is 0.400. The lowest BCUT2D eigenvalue weighted by atomic mass is 9.97. The Morgan fingerprint density at radius 2 is 2.06 bits per heavy atom. The molecule has 1 rings (SSSR count). The van der Waals surface area contributed by atoms with E-state index in [4.69, 9.17) is 15.5 Å². The van der Waals surface area contributed by atoms with Crippen molar-refractivity contribution < 1.29 is 14.5 Å². The Morgan fingerprint density at radius 3 is 2.50 bits per heavy atom. The molecule has 1 aromatic carbocycles. The average Bonchev–Trinajstić information content (AvgIpc) is 2.28. The Bertz CT molecular complexity index is 404. The smallest absolute Gasteiger partial charge is 0.273 e. The van der Waals surface area contributed by atoms with Crippen LogP contribution in [0.15, 0.2) is 18.2 Å². The first-order chi connectivity index (χ1) is 7.42. The second-order valence-corrected chi connectivity index (χ2v) is 3.77. The number of nitrogens with two attached hydrogens (primary N) is 1. The van der Waals surface area contributed by atoms with Gasteiger partial charge in [0.05, 0.1) is 18.1 Å². The van der Waals surface area contributed by atoms with Crippen molar-refractivity contribution in [1.29, 1.82) is 0 Å². The normalized spacial score (nSPS) is 11.2. The predicted octanol–water partition coefficient (Wildman–Crippen LogP) is 1.73. The van der Waals surface area contributed by atoms with Crippen LogP contribution < -0.4 is 10.6 Å². The molecule has 0 unspecified atom stereocenters. The van der Waals surface area contributed by atoms with Crippen LogP contribution in [-0.2, 0) is 10.4 Å². The van der Waals surface area contributed by atoms with Crippen LogP contribution in [0.4, 0.5) is 5.69 Å². The first-order valence-electron chi connectivity index (χ1n) is 4.63. The van der Waals surface area contributed by atoms with E-state index in [0.717, 1.165) is 0 Å². The standard InChI is InChI=1S/C10H14N2O4/c1-10(2,16-11)8-5-4-7(12(13)14)6-9(8)15-3/h4-6H,11H2,1-3H3. The van der Waals surface area contributed by atoms with Crippen molar-refractivity contribution in [3.05, 3.63) is 33.9 Å². The van der Waals surface area contributed by atoms with Gasteiger partial charge in [-0.2, -0.15) is 0 Å². The van der Waals surface area contributed by atoms with Crippen LogP contribution in [0.1, 0.15) is 19.4 Å². The molecule has 0 saturated heterocycles. The van der Waals surface area contributed by atoms with Crippen molar-refractivity contribution in [3.8, 4) is 5.75 Å². The van der Waals surface area contributed by atoms with Gasteiger partial charge in [-0.15, -0.1) is 0 Å². The molecule has 0 fully saturated rings. The number of ether oxygens (including phenoxy) is 1. The van der Waals surface area contributed by atoms with E-state index < -0.39 is 10.5 Å². The Hall–Kier alpha value is -1.66. The summed E-state index contributed by atoms with van der Waals surface area (Å²) in [6, 6.07) is 4.30. The Balaban J connectivity index is 3.27. The number of methoxy groups -OCH3 is 1. The third-order valence-electron chi connectivity index (χ3n) is 2.34. The van der Waals surface area contributed by atoms with Gasteiger partial charge in [0.2, 0.25) is 0 Å². The van der Waals surface area contributed by atoms with Gasteiger partial charge in [-0.25, -0.2) is 5.90 Å². The predicted molar refractivity (Wildman–Crippen MR) is 57.9 cm³/mol. The van der Waals surface area contributed by atoms with Gasteiger partial charge in [-0.3, -0.25) is 15.0 Å². The van der Waals surface area contributed by atoms with Gasteiger partial charge in [-0.1, -0.05) is 0 Å². The summed E-state index contributed by atoms with van der Waals surface area (Å²) < 4.78 is 5.08. The third kappa shape index (κ3) is 2.29. The van der Waals surface area contributed by atoms with Crippen molar-refractivity contribution in [2.75, 3.05) is 7.11 Å². The summed E-state index contributed by atoms with van der Waals surface area (Å²) in [5, 5.41) is 10.6. The number of nitro groups is 1. The van der Waals surface area contributed by atoms with Crippen LogP contribution >= 0.6 is 0 Å². The number of nitrogens with zero attached hydrogens (tertiary/aromatic N) is 1. The molecule has 16 heavy (non-hydrogen) atoms. The minimum Gasteiger partial charge on any atom is -0.496 e. The second kappa shape index (κ2) is 4.46. The number of hydrogen-bond acceptors (Lipinski definition) is 5. The quantitative estimate of drug-likeness (QED) is 0.624. The van der Waals surface area contributed by atoms with E-state index >= 15 is 0 Å². The fourth-order valence-electron chi connectivity index (χ4n) is 1.35. The molecule has 0 aliphatic carbocycles. The van der Waals surface area contributed by atoms with Crippen molar-refractivity contribution >= 4 is 5.69 Å². The molecule has 0 bridgehead atoms. The lowest BCUT2D eigenvalue weighted by molar-refractivity contribution is -0.385. The summed E-state index contributed by atoms with van der Waals surface area (Å²) in [7, 11) is 1.44. The molecule has 6 heteroatoms. The highest BCUT2D eigenvalue weighted by atomic mass is 16.6. The zero-order valence-electron chi connectivity index (χ0n) is 9.39. The molecule has 0 aliphatic rings. The summed E-state index contributed by atoms with van der Waals surface area (Å²) in [5.74, 6) is 5.55. The van der Waals surface area contributed by atoms with Crippen LogP contribution in [-0.4, -0.2) is 12.0 Å². The van der Waals surface area contributed by atoms with E-state index in [9.17, 15) is 10.1 Å². The lowest BCUT2D eigenvalue weighted by Crippen LogP contribution is -2.25. The van der Waals surface area contributed by atoms with Crippen LogP contribution in [0, 0.1) is 10.1 Å². The molecule has 0 saturated carbocycles. The number of hydrogen-bond donors (Lipinski definition) is 1. The lowest BCUT2D eigenvalue weighted by Gasteiger charge is -2.24. The maximum Gasteiger partial charge on any atom is 0.273 e. The van der Waals surface area contributed by atoms with Gasteiger partial charge in [0, 0.05) is 11.6 Å². The van der Waals surface area contributed by atoms with Gasteiger partial charge >= 0.3 is 0 Å². The first-order valence-corrected chi connectivity index (χ1v) is 4.63. The molecule has 6 nitrogen and oxygen atoms in total. The monoisotopic (exact) mass is 226 g/mol. The molecule has 0 aliphatic heterocycles. The molecular weight excluding hydrogens is 212 g/mol. The minimum atomic E-state index is -0.763. The van der Waals surface area contributed by atoms with E-state index in [1.54, 1.807) is 19.9 Å². The molecule has 0 radical (unpaired) electrons. The van der Waals surface area contributed by atoms with Gasteiger partial charge in [0.15, 0.2) is 0 Å². The van der Waals surface area contributed by atoms with Crippen LogP contribution in [0.3, 0.4) is 0 Å². The molecule has 0 heterocycles. The van der Waals surface area contributed by atoms with E-state index in [1.165, 1.54) is 19.2 Å². The van der Waals surface area contributed by atoms with Crippen LogP contribution in [0.2, 0.25) is 0 Å². The van der Waals surface area contributed by atoms with Gasteiger partial charge in [-0.05, 0) is 19.9 Å². The molecule has 2 N–H and O–H groups in total. The van der Waals surface area contributed by atoms with Crippen molar-refractivity contribution in [2.45, 2.75) is 19.4 Å². The summed E-state index contributed by atoms with van der Waals surface area (Å²) in [5.41, 5.74) is -0.142. The Kier molecular flexibility index (Phi) is 3.46. The molecule has 0 spiro atoms. The highest BCUT2D eigenvalue weighted by Gasteiger charge is 2.26. The topological polar surface area (TPSA) is 87.6 Å². The fourth-order valence-corrected chi connectivity index (χ4v) is 1.35. The van der Waals surface area contributed by atoms with Crippen LogP contribution in [0.25, 0.3) is 0 Å². The molecule has 0 atom stereocenters. The number of non-ortho nitro benzene ring substituents is 1. The maximum absolute atomic E-state index is 10.6. The summed E-state index contributed by atoms with van der Waals surface area (Å²) in [4.78, 5) is 14.9. The minimum absolute atomic E-state index is 0.0339. The average molecular weight is 226 g/mol. The van der Waals surface area contributed by atoms with Gasteiger partial charge in [0.1, 0.15) is 11.4 Å². The Labute approximate surface area is 93.1 Å². The largest absolute Gasteiger partial charge is 0.496 e. The molecule has 1 aromatic rings. The van der Waals surface area contributed by atoms with E-state index in [-0.39, 0.29) is 5.69 Å². The number of benzene rings is 1. The molecule has 0 aromatic heterocycles. The third-order valence-corrected chi connectivity index (χ3v) is 2.34. The van der Waals surface area contributed by atoms with Crippen LogP contribution in [0.5, 0.6) is 5.75 Å². The highest BCUT2D eigenvalue weighted by Crippen LogP contribution is 2.34.